The molecule has 0 aromatic carbocycles. The van der Waals surface area contributed by atoms with Gasteiger partial charge in [0.05, 0.1) is 13.2 Å². The topological polar surface area (TPSA) is 157 Å². The normalized spacial score (nSPS) is 15.2. The van der Waals surface area contributed by atoms with Gasteiger partial charge in [-0.3, -0.25) is 9.05 Å². The van der Waals surface area contributed by atoms with Gasteiger partial charge in [0.1, 0.15) is 5.60 Å². The fraction of sp³-hybridized carbons (Fsp3) is 0.857. The fourth-order valence-electron chi connectivity index (χ4n) is 1.61. The Hall–Kier alpha value is -1.19. The summed E-state index contributed by atoms with van der Waals surface area (Å²) in [6, 6.07) is -1.55. The first-order valence-corrected chi connectivity index (χ1v) is 9.50. The number of phosphoric acid groups is 1. The summed E-state index contributed by atoms with van der Waals surface area (Å²) >= 11 is 0. The molecule has 0 aromatic rings. The monoisotopic (exact) mass is 384 g/mol. The largest absolute Gasteiger partial charge is 0.480 e. The molecule has 0 spiro atoms. The van der Waals surface area contributed by atoms with E-state index in [0.717, 1.165) is 19.3 Å². The van der Waals surface area contributed by atoms with Crippen molar-refractivity contribution in [3.05, 3.63) is 0 Å². The maximum Gasteiger partial charge on any atom is 0.472 e. The van der Waals surface area contributed by atoms with Crippen LogP contribution >= 0.6 is 7.82 Å². The maximum atomic E-state index is 11.7. The quantitative estimate of drug-likeness (QED) is 0.290. The lowest BCUT2D eigenvalue weighted by molar-refractivity contribution is -0.140. The van der Waals surface area contributed by atoms with Crippen molar-refractivity contribution in [1.29, 1.82) is 0 Å². The fourth-order valence-corrected chi connectivity index (χ4v) is 2.38. The van der Waals surface area contributed by atoms with Gasteiger partial charge < -0.3 is 25.8 Å². The summed E-state index contributed by atoms with van der Waals surface area (Å²) in [6.45, 7) is 4.68. The molecule has 0 aliphatic rings. The van der Waals surface area contributed by atoms with Gasteiger partial charge in [-0.15, -0.1) is 0 Å². The molecule has 1 amide bonds. The number of nitrogens with one attached hydrogen (secondary N) is 1. The van der Waals surface area contributed by atoms with Gasteiger partial charge >= 0.3 is 19.9 Å². The maximum absolute atomic E-state index is 11.7. The van der Waals surface area contributed by atoms with Crippen LogP contribution in [0.2, 0.25) is 0 Å². The molecular weight excluding hydrogens is 355 g/mol. The van der Waals surface area contributed by atoms with E-state index in [9.17, 15) is 19.0 Å². The number of amides is 1. The van der Waals surface area contributed by atoms with Crippen LogP contribution in [0, 0.1) is 0 Å². The first-order chi connectivity index (χ1) is 11.5. The molecule has 2 atom stereocenters. The van der Waals surface area contributed by atoms with Crippen molar-refractivity contribution in [2.24, 2.45) is 5.73 Å². The zero-order valence-corrected chi connectivity index (χ0v) is 15.8. The summed E-state index contributed by atoms with van der Waals surface area (Å²) < 4.78 is 26.0. The minimum atomic E-state index is -4.41. The number of hydrogen-bond donors (Lipinski definition) is 4. The first-order valence-electron chi connectivity index (χ1n) is 8.01. The van der Waals surface area contributed by atoms with Gasteiger partial charge in [0, 0.05) is 0 Å². The highest BCUT2D eigenvalue weighted by atomic mass is 31.2. The van der Waals surface area contributed by atoms with E-state index < -0.39 is 38.1 Å². The number of aliphatic carboxylic acids is 1. The van der Waals surface area contributed by atoms with Crippen molar-refractivity contribution >= 4 is 19.9 Å². The Kier molecular flexibility index (Phi) is 10.9. The molecule has 5 N–H and O–H groups in total. The summed E-state index contributed by atoms with van der Waals surface area (Å²) in [7, 11) is -4.41. The summed E-state index contributed by atoms with van der Waals surface area (Å²) in [5.41, 5.74) is 4.54. The molecule has 0 radical (unpaired) electrons. The van der Waals surface area contributed by atoms with Crippen LogP contribution in [-0.4, -0.2) is 53.5 Å². The Bertz CT molecular complexity index is 466. The van der Waals surface area contributed by atoms with Crippen molar-refractivity contribution < 1.29 is 37.9 Å². The number of phosphoric ester groups is 1. The molecule has 0 saturated carbocycles. The molecule has 0 aliphatic heterocycles. The highest BCUT2D eigenvalue weighted by molar-refractivity contribution is 7.47. The molecule has 0 bridgehead atoms. The first kappa shape index (κ1) is 23.8. The van der Waals surface area contributed by atoms with Crippen LogP contribution in [0.25, 0.3) is 0 Å². The Morgan fingerprint density at radius 3 is 2.28 bits per heavy atom. The van der Waals surface area contributed by atoms with Gasteiger partial charge in [-0.2, -0.15) is 0 Å². The number of rotatable bonds is 12. The Morgan fingerprint density at radius 2 is 1.76 bits per heavy atom. The highest BCUT2D eigenvalue weighted by Gasteiger charge is 2.29. The second kappa shape index (κ2) is 11.4. The average Bonchev–Trinajstić information content (AvgIpc) is 2.45. The van der Waals surface area contributed by atoms with Crippen LogP contribution in [0.5, 0.6) is 0 Å². The second-order valence-corrected chi connectivity index (χ2v) is 7.79. The highest BCUT2D eigenvalue weighted by Crippen LogP contribution is 2.43. The number of hydrogen-bond acceptors (Lipinski definition) is 7. The molecule has 0 fully saturated rings. The predicted molar refractivity (Wildman–Crippen MR) is 90.0 cm³/mol. The standard InChI is InChI=1S/C14H29N2O8P/c1-14(2,3)24-13(19)16-11(12(17)18)10-23-25(20,21)22-9-7-5-4-6-8-15/h11H,4-10,15H2,1-3H3,(H,16,19)(H,17,18)(H,20,21). The number of unbranched alkanes of at least 4 members (excludes halogenated alkanes) is 3. The number of carbonyl (C=O) groups excluding carboxylic acids is 1. The molecule has 0 aromatic heterocycles. The number of carboxylic acids is 1. The summed E-state index contributed by atoms with van der Waals surface area (Å²) in [4.78, 5) is 32.2. The van der Waals surface area contributed by atoms with Crippen LogP contribution in [0.1, 0.15) is 46.5 Å². The van der Waals surface area contributed by atoms with E-state index in [1.807, 2.05) is 0 Å². The van der Waals surface area contributed by atoms with Crippen molar-refractivity contribution in [3.8, 4) is 0 Å². The van der Waals surface area contributed by atoms with E-state index >= 15 is 0 Å². The lowest BCUT2D eigenvalue weighted by Gasteiger charge is -2.22. The van der Waals surface area contributed by atoms with Crippen LogP contribution in [0.4, 0.5) is 4.79 Å². The molecule has 0 rings (SSSR count). The van der Waals surface area contributed by atoms with Crippen LogP contribution < -0.4 is 11.1 Å². The molecule has 148 valence electrons. The SMILES string of the molecule is CC(C)(C)OC(=O)NC(COP(=O)(O)OCCCCCCN)C(=O)O. The van der Waals surface area contributed by atoms with Crippen LogP contribution in [-0.2, 0) is 23.1 Å². The Labute approximate surface area is 147 Å². The molecule has 0 heterocycles. The third kappa shape index (κ3) is 13.7. The zero-order chi connectivity index (χ0) is 19.5. The predicted octanol–water partition coefficient (Wildman–Crippen LogP) is 1.62. The van der Waals surface area contributed by atoms with E-state index in [1.54, 1.807) is 20.8 Å². The minimum Gasteiger partial charge on any atom is -0.480 e. The number of alkyl carbamates (subject to hydrolysis) is 1. The molecule has 10 nitrogen and oxygen atoms in total. The molecule has 0 aliphatic carbocycles. The second-order valence-electron chi connectivity index (χ2n) is 6.34. The van der Waals surface area contributed by atoms with E-state index in [4.69, 9.17) is 20.1 Å². The van der Waals surface area contributed by atoms with Crippen molar-refractivity contribution in [3.63, 3.8) is 0 Å². The number of nitrogens with two attached hydrogens (primary N) is 1. The van der Waals surface area contributed by atoms with Gasteiger partial charge in [-0.1, -0.05) is 12.8 Å². The molecule has 25 heavy (non-hydrogen) atoms. The van der Waals surface area contributed by atoms with Gasteiger partial charge in [0.15, 0.2) is 6.04 Å². The van der Waals surface area contributed by atoms with Gasteiger partial charge in [0.2, 0.25) is 0 Å². The zero-order valence-electron chi connectivity index (χ0n) is 14.9. The molecular formula is C14H29N2O8P. The Balaban J connectivity index is 4.28. The average molecular weight is 384 g/mol. The van der Waals surface area contributed by atoms with E-state index in [-0.39, 0.29) is 6.61 Å². The van der Waals surface area contributed by atoms with Gasteiger partial charge in [-0.05, 0) is 40.2 Å². The third-order valence-electron chi connectivity index (χ3n) is 2.75. The number of carboxylic acid groups (broad SMARTS) is 1. The van der Waals surface area contributed by atoms with E-state index in [1.165, 1.54) is 0 Å². The smallest absolute Gasteiger partial charge is 0.472 e. The summed E-state index contributed by atoms with van der Waals surface area (Å²) in [6.07, 6.45) is 2.11. The number of ether oxygens (including phenoxy) is 1. The van der Waals surface area contributed by atoms with Gasteiger partial charge in [-0.25, -0.2) is 14.2 Å². The summed E-state index contributed by atoms with van der Waals surface area (Å²) in [5, 5.41) is 11.1. The minimum absolute atomic E-state index is 0.00438. The molecule has 11 heteroatoms. The van der Waals surface area contributed by atoms with Crippen LogP contribution in [0.3, 0.4) is 0 Å². The van der Waals surface area contributed by atoms with Gasteiger partial charge in [0.25, 0.3) is 0 Å². The van der Waals surface area contributed by atoms with E-state index in [2.05, 4.69) is 9.84 Å². The van der Waals surface area contributed by atoms with Crippen molar-refractivity contribution in [2.45, 2.75) is 58.1 Å². The summed E-state index contributed by atoms with van der Waals surface area (Å²) in [5.74, 6) is -1.44. The lowest BCUT2D eigenvalue weighted by Crippen LogP contribution is -2.45. The third-order valence-corrected chi connectivity index (χ3v) is 3.73. The van der Waals surface area contributed by atoms with Crippen molar-refractivity contribution in [2.75, 3.05) is 19.8 Å². The van der Waals surface area contributed by atoms with Crippen molar-refractivity contribution in [1.82, 2.24) is 5.32 Å². The lowest BCUT2D eigenvalue weighted by atomic mass is 10.2. The van der Waals surface area contributed by atoms with Crippen LogP contribution in [0.15, 0.2) is 0 Å². The molecule has 0 saturated heterocycles. The number of carbonyl (C=O) groups is 2. The Morgan fingerprint density at radius 1 is 1.16 bits per heavy atom. The van der Waals surface area contributed by atoms with E-state index in [0.29, 0.717) is 13.0 Å². The molecule has 2 unspecified atom stereocenters.